The molecule has 9 N–H and O–H groups in total. The maximum Gasteiger partial charge on any atom is 0.248 e. The van der Waals surface area contributed by atoms with E-state index in [0.29, 0.717) is 48.6 Å². The van der Waals surface area contributed by atoms with Gasteiger partial charge in [-0.25, -0.2) is 5.43 Å². The number of amides is 5. The van der Waals surface area contributed by atoms with Crippen molar-refractivity contribution in [3.63, 3.8) is 0 Å². The third-order valence-electron chi connectivity index (χ3n) is 13.5. The smallest absolute Gasteiger partial charge is 0.248 e. The first kappa shape index (κ1) is 67.2. The number of carbonyl (C=O) groups excluding carboxylic acids is 9. The van der Waals surface area contributed by atoms with Gasteiger partial charge in [0.15, 0.2) is 12.1 Å². The standard InChI is InChI=1S/C23H22N2O7.C16H28N2O4S.C11H21NO4.C4H11N3O/c1-32-15-4-2-3-13-16(15)22(30)18-17(20(13)28)21(29)14-9-11(5-6-12(14)19(18)27)23(31)25-8-7-24-10-26;1-4-5-6-13(2)23-14(12-20)11-16(22)18(3)9-7-15(21)17-8-10-19;1-8-11(13)9(3-5-15-8)12-4-6-16-10(7-12)14-2;1-5-3-4(8)7-6-2/h2-4,10-11,27,29H,5-9H2,1H3,(H,24,26)(H,25,31);10,12-14H,4-9,11H2,1-3H3,(H,17,21);8-11,13H,3-7H2,1-2H3;5-6H,3H2,1-2H3,(H,7,8)/t11-;;8?,9?,10?,11-;/m0.1./s1. The number of phenols is 2. The van der Waals surface area contributed by atoms with Crippen LogP contribution >= 0.6 is 11.8 Å². The van der Waals surface area contributed by atoms with Gasteiger partial charge in [-0.2, -0.15) is 0 Å². The predicted octanol–water partition coefficient (Wildman–Crippen LogP) is 0.554. The molecule has 2 aromatic carbocycles. The fourth-order valence-electron chi connectivity index (χ4n) is 9.22. The number of aldehydes is 2. The lowest BCUT2D eigenvalue weighted by Crippen LogP contribution is -2.57. The van der Waals surface area contributed by atoms with Gasteiger partial charge in [0.25, 0.3) is 0 Å². The highest BCUT2D eigenvalue weighted by Gasteiger charge is 2.41. The van der Waals surface area contributed by atoms with Gasteiger partial charge in [-0.05, 0) is 52.1 Å². The van der Waals surface area contributed by atoms with Crippen LogP contribution in [0.4, 0.5) is 0 Å². The van der Waals surface area contributed by atoms with E-state index < -0.39 is 23.6 Å². The largest absolute Gasteiger partial charge is 0.507 e. The molecule has 2 aromatic rings. The number of carbonyl (C=O) groups is 9. The zero-order chi connectivity index (χ0) is 58.6. The zero-order valence-corrected chi connectivity index (χ0v) is 47.5. The minimum absolute atomic E-state index is 0.0179. The molecule has 6 rings (SSSR count). The Morgan fingerprint density at radius 2 is 1.67 bits per heavy atom. The van der Waals surface area contributed by atoms with Crippen LogP contribution in [0.15, 0.2) is 18.2 Å². The first-order valence-electron chi connectivity index (χ1n) is 26.5. The molecule has 5 amide bonds. The number of hydrogen-bond acceptors (Lipinski definition) is 20. The van der Waals surface area contributed by atoms with Crippen LogP contribution in [0.2, 0.25) is 0 Å². The molecule has 24 nitrogen and oxygen atoms in total. The number of fused-ring (bicyclic) bond motifs is 3. The summed E-state index contributed by atoms with van der Waals surface area (Å²) >= 11 is 1.53. The summed E-state index contributed by atoms with van der Waals surface area (Å²) in [7, 11) is 8.01. The van der Waals surface area contributed by atoms with Crippen LogP contribution in [-0.2, 0) is 60.6 Å². The molecule has 2 aliphatic carbocycles. The summed E-state index contributed by atoms with van der Waals surface area (Å²) in [6.07, 6.45) is 6.52. The monoisotopic (exact) mass is 1130 g/mol. The van der Waals surface area contributed by atoms with Crippen LogP contribution in [-0.4, -0.2) is 209 Å². The van der Waals surface area contributed by atoms with Crippen molar-refractivity contribution in [2.75, 3.05) is 94.4 Å². The predicted molar refractivity (Wildman–Crippen MR) is 294 cm³/mol. The number of aliphatic hydroxyl groups is 1. The molecule has 2 saturated heterocycles. The van der Waals surface area contributed by atoms with E-state index in [4.69, 9.17) is 18.9 Å². The highest BCUT2D eigenvalue weighted by molar-refractivity contribution is 8.01. The van der Waals surface area contributed by atoms with Gasteiger partial charge in [0.2, 0.25) is 35.8 Å². The molecule has 0 bridgehead atoms. The van der Waals surface area contributed by atoms with Gasteiger partial charge in [-0.3, -0.25) is 43.9 Å². The summed E-state index contributed by atoms with van der Waals surface area (Å²) in [5.74, 6) is -2.90. The first-order valence-corrected chi connectivity index (χ1v) is 27.5. The van der Waals surface area contributed by atoms with Gasteiger partial charge >= 0.3 is 0 Å². The normalized spacial score (nSPS) is 19.9. The molecule has 2 aliphatic heterocycles. The second kappa shape index (κ2) is 35.5. The molecular formula is C54H82N8O16S. The number of morpholine rings is 1. The first-order chi connectivity index (χ1) is 37.9. The van der Waals surface area contributed by atoms with E-state index in [9.17, 15) is 58.5 Å². The molecule has 0 aromatic heterocycles. The van der Waals surface area contributed by atoms with Crippen LogP contribution in [0.5, 0.6) is 17.2 Å². The van der Waals surface area contributed by atoms with E-state index in [1.54, 1.807) is 40.4 Å². The Balaban J connectivity index is 0.000000305. The maximum absolute atomic E-state index is 13.2. The number of unbranched alkanes of at least 4 members (excludes halogenated alkanes) is 1. The summed E-state index contributed by atoms with van der Waals surface area (Å²) in [6, 6.07) is 4.77. The van der Waals surface area contributed by atoms with Crippen molar-refractivity contribution in [2.24, 2.45) is 5.92 Å². The number of hydrazine groups is 1. The van der Waals surface area contributed by atoms with Gasteiger partial charge in [0.05, 0.1) is 61.0 Å². The van der Waals surface area contributed by atoms with Crippen LogP contribution in [0.3, 0.4) is 0 Å². The average molecular weight is 1130 g/mol. The van der Waals surface area contributed by atoms with Crippen LogP contribution < -0.4 is 36.9 Å². The van der Waals surface area contributed by atoms with Gasteiger partial charge in [0, 0.05) is 107 Å². The van der Waals surface area contributed by atoms with Crippen molar-refractivity contribution in [1.29, 1.82) is 0 Å². The molecular weight excluding hydrogens is 1050 g/mol. The fourth-order valence-corrected chi connectivity index (χ4v) is 10.4. The lowest BCUT2D eigenvalue weighted by molar-refractivity contribution is -0.190. The Labute approximate surface area is 466 Å². The Morgan fingerprint density at radius 1 is 0.949 bits per heavy atom. The molecule has 7 atom stereocenters. The second-order valence-corrected chi connectivity index (χ2v) is 20.7. The Kier molecular flexibility index (Phi) is 30.2. The number of rotatable bonds is 24. The van der Waals surface area contributed by atoms with E-state index in [0.717, 1.165) is 51.7 Å². The molecule has 4 aliphatic rings. The lowest BCUT2D eigenvalue weighted by atomic mass is 9.75. The quantitative estimate of drug-likeness (QED) is 0.0256. The third kappa shape index (κ3) is 20.2. The summed E-state index contributed by atoms with van der Waals surface area (Å²) in [5, 5.41) is 42.3. The Morgan fingerprint density at radius 3 is 2.32 bits per heavy atom. The van der Waals surface area contributed by atoms with Crippen LogP contribution in [0.25, 0.3) is 0 Å². The maximum atomic E-state index is 13.2. The zero-order valence-electron chi connectivity index (χ0n) is 46.7. The number of hydrogen-bond donors (Lipinski definition) is 9. The van der Waals surface area contributed by atoms with Crippen LogP contribution in [0, 0.1) is 5.92 Å². The van der Waals surface area contributed by atoms with E-state index in [-0.39, 0.29) is 139 Å². The SMILES string of the molecule is CCCCC(C)SC(C=O)CC(=O)N(C)CCC(=O)NCC=O.CNCC(=O)NNC.COC1CN(C2CCOC(C)[C@H]2O)CCO1.COc1cccc2c1C(=O)c1c(O)c3c(c(O)c1C2=O)C[C@@H](C(=O)NCCNC=O)CC3. The number of methoxy groups -OCH3 is 2. The Bertz CT molecular complexity index is 2350. The number of ether oxygens (including phenoxy) is 4. The van der Waals surface area contributed by atoms with Crippen molar-refractivity contribution >= 4 is 65.9 Å². The summed E-state index contributed by atoms with van der Waals surface area (Å²) < 4.78 is 21.3. The number of likely N-dealkylation sites (N-methyl/N-ethyl adjacent to an activating group) is 1. The van der Waals surface area contributed by atoms with Gasteiger partial charge in [0.1, 0.15) is 29.8 Å². The van der Waals surface area contributed by atoms with Crippen molar-refractivity contribution in [2.45, 2.75) is 114 Å². The van der Waals surface area contributed by atoms with Crippen molar-refractivity contribution in [3.05, 3.63) is 51.6 Å². The molecule has 5 unspecified atom stereocenters. The summed E-state index contributed by atoms with van der Waals surface area (Å²) in [4.78, 5) is 108. The van der Waals surface area contributed by atoms with Gasteiger partial charge in [-0.1, -0.05) is 38.8 Å². The second-order valence-electron chi connectivity index (χ2n) is 19.0. The highest BCUT2D eigenvalue weighted by atomic mass is 32.2. The molecule has 79 heavy (non-hydrogen) atoms. The van der Waals surface area contributed by atoms with Crippen LogP contribution in [0.1, 0.15) is 109 Å². The number of phenolic OH excluding ortho intramolecular Hbond substituents is 2. The van der Waals surface area contributed by atoms with E-state index in [1.807, 2.05) is 6.92 Å². The van der Waals surface area contributed by atoms with Crippen molar-refractivity contribution in [1.82, 2.24) is 41.9 Å². The number of nitrogens with one attached hydrogen (secondary N) is 6. The molecule has 440 valence electrons. The van der Waals surface area contributed by atoms with E-state index >= 15 is 0 Å². The molecule has 0 saturated carbocycles. The number of aliphatic hydroxyl groups excluding tert-OH is 1. The third-order valence-corrected chi connectivity index (χ3v) is 14.8. The van der Waals surface area contributed by atoms with Gasteiger partial charge in [-0.15, -0.1) is 11.8 Å². The van der Waals surface area contributed by atoms with E-state index in [1.165, 1.54) is 29.8 Å². The van der Waals surface area contributed by atoms with E-state index in [2.05, 4.69) is 50.9 Å². The number of benzene rings is 2. The molecule has 2 fully saturated rings. The lowest BCUT2D eigenvalue weighted by Gasteiger charge is -2.43. The molecule has 25 heteroatoms. The van der Waals surface area contributed by atoms with Gasteiger partial charge < -0.3 is 70.0 Å². The minimum atomic E-state index is -0.592. The van der Waals surface area contributed by atoms with Crippen molar-refractivity contribution in [3.8, 4) is 17.2 Å². The number of ketones is 2. The number of thioether (sulfide) groups is 1. The average Bonchev–Trinajstić information content (AvgIpc) is 3.61. The minimum Gasteiger partial charge on any atom is -0.507 e. The topological polar surface area (TPSA) is 330 Å². The molecule has 2 heterocycles. The highest BCUT2D eigenvalue weighted by Crippen LogP contribution is 2.47. The molecule has 0 spiro atoms. The molecule has 0 radical (unpaired) electrons. The summed E-state index contributed by atoms with van der Waals surface area (Å²) in [6.45, 7) is 10.2. The number of nitrogens with zero attached hydrogens (tertiary/aromatic N) is 2. The van der Waals surface area contributed by atoms with Crippen molar-refractivity contribution < 1.29 is 77.4 Å². The Hall–Kier alpha value is -6.06. The summed E-state index contributed by atoms with van der Waals surface area (Å²) in [5.41, 5.74) is 5.24. The fraction of sp³-hybridized carbons (Fsp3) is 0.611. The number of aromatic hydroxyl groups is 2.